The number of aromatic nitrogens is 1. The third kappa shape index (κ3) is 6.40. The Morgan fingerprint density at radius 1 is 1.18 bits per heavy atom. The lowest BCUT2D eigenvalue weighted by Crippen LogP contribution is -2.55. The second-order valence-electron chi connectivity index (χ2n) is 9.37. The summed E-state index contributed by atoms with van der Waals surface area (Å²) in [4.78, 5) is 46.2. The van der Waals surface area contributed by atoms with Gasteiger partial charge in [-0.05, 0) is 68.7 Å². The first-order valence-corrected chi connectivity index (χ1v) is 12.7. The number of nitrogens with zero attached hydrogens (tertiary/aromatic N) is 3. The third-order valence-electron chi connectivity index (χ3n) is 7.00. The number of likely N-dealkylation sites (tertiary alicyclic amines) is 1. The fraction of sp³-hybridized carbons (Fsp3) is 0.407. The summed E-state index contributed by atoms with van der Waals surface area (Å²) in [5, 5.41) is 14.7. The highest BCUT2D eigenvalue weighted by molar-refractivity contribution is 6.01. The first kappa shape index (κ1) is 28.1. The zero-order chi connectivity index (χ0) is 27.9. The van der Waals surface area contributed by atoms with Gasteiger partial charge in [-0.1, -0.05) is 12.1 Å². The highest BCUT2D eigenvalue weighted by Crippen LogP contribution is 2.35. The number of piperidine rings is 1. The van der Waals surface area contributed by atoms with E-state index in [4.69, 9.17) is 4.74 Å². The van der Waals surface area contributed by atoms with Crippen LogP contribution < -0.4 is 10.6 Å². The number of carbonyl (C=O) groups is 3. The van der Waals surface area contributed by atoms with Crippen LogP contribution in [-0.2, 0) is 9.53 Å². The lowest BCUT2D eigenvalue weighted by atomic mass is 9.93. The number of benzene rings is 1. The summed E-state index contributed by atoms with van der Waals surface area (Å²) in [5.74, 6) is -2.87. The molecule has 2 aromatic rings. The molecule has 12 heteroatoms. The van der Waals surface area contributed by atoms with Gasteiger partial charge in [0.05, 0.1) is 25.0 Å². The first-order valence-electron chi connectivity index (χ1n) is 12.7. The number of hydrogen-bond acceptors (Lipinski definition) is 7. The molecule has 39 heavy (non-hydrogen) atoms. The monoisotopic (exact) mass is 543 g/mol. The Labute approximate surface area is 224 Å². The Hall–Kier alpha value is -3.90. The molecule has 4 rings (SSSR count). The third-order valence-corrected chi connectivity index (χ3v) is 7.00. The molecule has 3 N–H and O–H groups in total. The molecule has 10 nitrogen and oxygen atoms in total. The Kier molecular flexibility index (Phi) is 9.20. The van der Waals surface area contributed by atoms with Crippen molar-refractivity contribution in [1.82, 2.24) is 25.4 Å². The smallest absolute Gasteiger partial charge is 0.338 e. The van der Waals surface area contributed by atoms with Gasteiger partial charge in [-0.15, -0.1) is 0 Å². The van der Waals surface area contributed by atoms with Gasteiger partial charge in [-0.3, -0.25) is 4.98 Å². The predicted octanol–water partition coefficient (Wildman–Crippen LogP) is 2.82. The van der Waals surface area contributed by atoms with E-state index in [9.17, 15) is 28.3 Å². The Bertz CT molecular complexity index is 1230. The van der Waals surface area contributed by atoms with Crippen LogP contribution in [0.4, 0.5) is 18.4 Å². The van der Waals surface area contributed by atoms with E-state index < -0.39 is 42.3 Å². The van der Waals surface area contributed by atoms with Gasteiger partial charge >= 0.3 is 18.0 Å². The van der Waals surface area contributed by atoms with Crippen molar-refractivity contribution in [2.75, 3.05) is 39.9 Å². The van der Waals surface area contributed by atoms with Crippen molar-refractivity contribution in [2.45, 2.75) is 31.2 Å². The fourth-order valence-electron chi connectivity index (χ4n) is 5.00. The van der Waals surface area contributed by atoms with Gasteiger partial charge in [0.25, 0.3) is 0 Å². The largest absolute Gasteiger partial charge is 0.466 e. The average Bonchev–Trinajstić information content (AvgIpc) is 2.96. The maximum absolute atomic E-state index is 14.1. The zero-order valence-electron chi connectivity index (χ0n) is 21.5. The number of pyridine rings is 1. The van der Waals surface area contributed by atoms with Crippen molar-refractivity contribution >= 4 is 18.0 Å². The highest BCUT2D eigenvalue weighted by atomic mass is 19.2. The molecule has 0 radical (unpaired) electrons. The average molecular weight is 544 g/mol. The minimum Gasteiger partial charge on any atom is -0.466 e. The molecule has 1 unspecified atom stereocenters. The molecule has 1 atom stereocenters. The number of ether oxygens (including phenoxy) is 1. The molecule has 1 aromatic heterocycles. The van der Waals surface area contributed by atoms with Gasteiger partial charge in [-0.25, -0.2) is 28.1 Å². The molecule has 1 saturated heterocycles. The number of hydrogen-bond donors (Lipinski definition) is 3. The molecule has 1 fully saturated rings. The molecule has 0 aliphatic carbocycles. The lowest BCUT2D eigenvalue weighted by Gasteiger charge is -2.36. The number of rotatable bonds is 8. The number of aliphatic hydroxyl groups excluding tert-OH is 1. The second kappa shape index (κ2) is 12.8. The van der Waals surface area contributed by atoms with Crippen LogP contribution in [0.1, 0.15) is 42.5 Å². The molecule has 0 bridgehead atoms. The van der Waals surface area contributed by atoms with Crippen LogP contribution in [0.2, 0.25) is 0 Å². The number of methoxy groups -OCH3 is 1. The van der Waals surface area contributed by atoms with E-state index in [1.54, 1.807) is 6.20 Å². The van der Waals surface area contributed by atoms with E-state index in [1.807, 2.05) is 18.2 Å². The topological polar surface area (TPSA) is 124 Å². The van der Waals surface area contributed by atoms with Gasteiger partial charge in [0.15, 0.2) is 11.6 Å². The van der Waals surface area contributed by atoms with E-state index in [0.29, 0.717) is 17.2 Å². The van der Waals surface area contributed by atoms with Crippen molar-refractivity contribution in [3.63, 3.8) is 0 Å². The minimum absolute atomic E-state index is 0.0407. The van der Waals surface area contributed by atoms with Gasteiger partial charge in [0.2, 0.25) is 0 Å². The lowest BCUT2D eigenvalue weighted by molar-refractivity contribution is -0.137. The fourth-order valence-corrected chi connectivity index (χ4v) is 5.00. The minimum atomic E-state index is -1.45. The zero-order valence-corrected chi connectivity index (χ0v) is 21.5. The number of urea groups is 2. The Morgan fingerprint density at radius 3 is 2.59 bits per heavy atom. The summed E-state index contributed by atoms with van der Waals surface area (Å²) in [5.41, 5.74) is 0.599. The summed E-state index contributed by atoms with van der Waals surface area (Å²) in [6.45, 7) is 2.02. The summed E-state index contributed by atoms with van der Waals surface area (Å²) >= 11 is 0. The van der Waals surface area contributed by atoms with Gasteiger partial charge < -0.3 is 25.4 Å². The number of halogens is 2. The van der Waals surface area contributed by atoms with E-state index >= 15 is 0 Å². The van der Waals surface area contributed by atoms with Crippen LogP contribution in [0.3, 0.4) is 0 Å². The maximum Gasteiger partial charge on any atom is 0.338 e. The first-order chi connectivity index (χ1) is 18.8. The maximum atomic E-state index is 14.1. The van der Waals surface area contributed by atoms with E-state index in [-0.39, 0.29) is 23.4 Å². The van der Waals surface area contributed by atoms with Crippen molar-refractivity contribution < 1.29 is 33.0 Å². The summed E-state index contributed by atoms with van der Waals surface area (Å²) < 4.78 is 32.5. The molecule has 208 valence electrons. The Morgan fingerprint density at radius 2 is 1.95 bits per heavy atom. The molecule has 2 aliphatic heterocycles. The van der Waals surface area contributed by atoms with Crippen molar-refractivity contribution in [2.24, 2.45) is 0 Å². The van der Waals surface area contributed by atoms with Gasteiger partial charge in [0.1, 0.15) is 6.04 Å². The number of aliphatic hydroxyl groups is 1. The van der Waals surface area contributed by atoms with Crippen LogP contribution in [-0.4, -0.2) is 77.8 Å². The van der Waals surface area contributed by atoms with E-state index in [1.165, 1.54) is 0 Å². The van der Waals surface area contributed by atoms with E-state index in [0.717, 1.165) is 63.5 Å². The standard InChI is InChI=1S/C27H31F2N5O5/c1-39-25(36)23-22(16-35)32-27(38)34(24(23)18-6-7-19(28)20(29)15-18)26(37)31-11-4-12-33-13-8-17(9-14-33)21-5-2-3-10-30-21/h2-3,5-7,10,15,17,24,35H,4,8-9,11-14,16H2,1H3,(H,31,37)(H,32,38). The predicted molar refractivity (Wildman–Crippen MR) is 136 cm³/mol. The molecule has 0 spiro atoms. The van der Waals surface area contributed by atoms with Gasteiger partial charge in [0, 0.05) is 24.4 Å². The number of imide groups is 1. The molecule has 3 heterocycles. The number of esters is 1. The van der Waals surface area contributed by atoms with Crippen LogP contribution in [0.25, 0.3) is 0 Å². The van der Waals surface area contributed by atoms with Crippen LogP contribution in [0.15, 0.2) is 53.9 Å². The summed E-state index contributed by atoms with van der Waals surface area (Å²) in [6, 6.07) is 5.51. The van der Waals surface area contributed by atoms with Crippen molar-refractivity contribution in [3.8, 4) is 0 Å². The number of carbonyl (C=O) groups excluding carboxylic acids is 3. The van der Waals surface area contributed by atoms with Crippen molar-refractivity contribution in [3.05, 3.63) is 76.8 Å². The summed E-state index contributed by atoms with van der Waals surface area (Å²) in [6.07, 6.45) is 4.39. The molecular formula is C27H31F2N5O5. The molecule has 0 saturated carbocycles. The van der Waals surface area contributed by atoms with Crippen LogP contribution in [0, 0.1) is 11.6 Å². The van der Waals surface area contributed by atoms with Crippen LogP contribution in [0.5, 0.6) is 0 Å². The Balaban J connectivity index is 1.41. The molecular weight excluding hydrogens is 512 g/mol. The highest BCUT2D eigenvalue weighted by Gasteiger charge is 2.43. The molecule has 2 aliphatic rings. The second-order valence-corrected chi connectivity index (χ2v) is 9.37. The van der Waals surface area contributed by atoms with Crippen LogP contribution >= 0.6 is 0 Å². The normalized spacial score (nSPS) is 18.6. The molecule has 4 amide bonds. The number of amides is 4. The quantitative estimate of drug-likeness (QED) is 0.346. The summed E-state index contributed by atoms with van der Waals surface area (Å²) in [7, 11) is 1.09. The van der Waals surface area contributed by atoms with Gasteiger partial charge in [-0.2, -0.15) is 0 Å². The van der Waals surface area contributed by atoms with E-state index in [2.05, 4.69) is 20.5 Å². The molecule has 1 aromatic carbocycles. The van der Waals surface area contributed by atoms with Crippen molar-refractivity contribution in [1.29, 1.82) is 0 Å². The number of nitrogens with one attached hydrogen (secondary N) is 2. The SMILES string of the molecule is COC(=O)C1=C(CO)NC(=O)N(C(=O)NCCCN2CCC(c3ccccn3)CC2)C1c1ccc(F)c(F)c1.